The van der Waals surface area contributed by atoms with Crippen molar-refractivity contribution in [2.75, 3.05) is 0 Å². The maximum Gasteiger partial charge on any atom is 0.303 e. The minimum atomic E-state index is -0.680. The van der Waals surface area contributed by atoms with Gasteiger partial charge in [0, 0.05) is 24.8 Å². The summed E-state index contributed by atoms with van der Waals surface area (Å²) in [6.07, 6.45) is 7.22. The second-order valence-corrected chi connectivity index (χ2v) is 6.64. The maximum absolute atomic E-state index is 13.3. The van der Waals surface area contributed by atoms with Gasteiger partial charge in [-0.15, -0.1) is 10.2 Å². The molecule has 0 aliphatic carbocycles. The molecule has 164 valence electrons. The summed E-state index contributed by atoms with van der Waals surface area (Å²) in [6, 6.07) is 13.8. The molecule has 4 aromatic heterocycles. The van der Waals surface area contributed by atoms with Crippen LogP contribution in [0.3, 0.4) is 0 Å². The quantitative estimate of drug-likeness (QED) is 0.398. The monoisotopic (exact) mass is 451 g/mol. The van der Waals surface area contributed by atoms with Crippen molar-refractivity contribution in [3.8, 4) is 29.5 Å². The Kier molecular flexibility index (Phi) is 5.13. The van der Waals surface area contributed by atoms with Gasteiger partial charge in [-0.1, -0.05) is 18.2 Å². The van der Waals surface area contributed by atoms with Crippen molar-refractivity contribution in [2.24, 2.45) is 10.2 Å². The van der Waals surface area contributed by atoms with E-state index >= 15 is 0 Å². The first-order valence-electron chi connectivity index (χ1n) is 9.76. The standard InChI is InChI=1S/C21H13N11O2/c22-12-14-13-27-30(20-23-8-4-9-24-20)17(14)29-28-16-18(33)31(15-6-2-1-3-7-15)32(19(16)34)21-25-10-5-11-26-21/h1-11,13,34H. The van der Waals surface area contributed by atoms with Crippen molar-refractivity contribution in [1.29, 1.82) is 5.26 Å². The molecular weight excluding hydrogens is 438 g/mol. The van der Waals surface area contributed by atoms with Crippen molar-refractivity contribution in [1.82, 2.24) is 39.1 Å². The maximum atomic E-state index is 13.3. The summed E-state index contributed by atoms with van der Waals surface area (Å²) in [5, 5.41) is 32.5. The lowest BCUT2D eigenvalue weighted by atomic mass is 10.3. The number of para-hydroxylation sites is 1. The molecular formula is C21H13N11O2. The van der Waals surface area contributed by atoms with Gasteiger partial charge in [-0.05, 0) is 24.3 Å². The smallest absolute Gasteiger partial charge is 0.303 e. The number of rotatable bonds is 5. The van der Waals surface area contributed by atoms with Crippen molar-refractivity contribution < 1.29 is 5.11 Å². The number of aromatic nitrogens is 8. The molecule has 1 aromatic carbocycles. The van der Waals surface area contributed by atoms with Crippen molar-refractivity contribution >= 4 is 11.5 Å². The van der Waals surface area contributed by atoms with Crippen molar-refractivity contribution in [3.63, 3.8) is 0 Å². The normalized spacial score (nSPS) is 11.0. The molecule has 5 rings (SSSR count). The Labute approximate surface area is 190 Å². The van der Waals surface area contributed by atoms with Crippen LogP contribution in [0.15, 0.2) is 88.5 Å². The van der Waals surface area contributed by atoms with Crippen LogP contribution in [0.1, 0.15) is 5.56 Å². The van der Waals surface area contributed by atoms with Gasteiger partial charge in [0.1, 0.15) is 11.6 Å². The summed E-state index contributed by atoms with van der Waals surface area (Å²) in [6.45, 7) is 0. The van der Waals surface area contributed by atoms with Gasteiger partial charge >= 0.3 is 5.56 Å². The fourth-order valence-corrected chi connectivity index (χ4v) is 3.12. The summed E-state index contributed by atoms with van der Waals surface area (Å²) >= 11 is 0. The fraction of sp³-hybridized carbons (Fsp3) is 0. The Hall–Kier alpha value is -5.51. The van der Waals surface area contributed by atoms with Gasteiger partial charge in [0.2, 0.25) is 11.6 Å². The van der Waals surface area contributed by atoms with E-state index in [1.807, 2.05) is 6.07 Å². The Morgan fingerprint density at radius 3 is 2.15 bits per heavy atom. The van der Waals surface area contributed by atoms with E-state index in [1.54, 1.807) is 42.5 Å². The van der Waals surface area contributed by atoms with E-state index in [4.69, 9.17) is 0 Å². The molecule has 0 fully saturated rings. The number of benzene rings is 1. The molecule has 0 saturated heterocycles. The van der Waals surface area contributed by atoms with Crippen LogP contribution in [0.5, 0.6) is 5.88 Å². The highest BCUT2D eigenvalue weighted by molar-refractivity contribution is 5.53. The predicted octanol–water partition coefficient (Wildman–Crippen LogP) is 2.39. The molecule has 34 heavy (non-hydrogen) atoms. The lowest BCUT2D eigenvalue weighted by Crippen LogP contribution is -2.21. The zero-order valence-electron chi connectivity index (χ0n) is 17.2. The third-order valence-electron chi connectivity index (χ3n) is 4.60. The van der Waals surface area contributed by atoms with Crippen LogP contribution >= 0.6 is 0 Å². The number of azo groups is 1. The lowest BCUT2D eigenvalue weighted by molar-refractivity contribution is 0.421. The van der Waals surface area contributed by atoms with E-state index in [-0.39, 0.29) is 29.0 Å². The van der Waals surface area contributed by atoms with Gasteiger partial charge in [0.25, 0.3) is 11.9 Å². The van der Waals surface area contributed by atoms with E-state index in [0.29, 0.717) is 5.69 Å². The van der Waals surface area contributed by atoms with Gasteiger partial charge < -0.3 is 5.11 Å². The van der Waals surface area contributed by atoms with E-state index in [9.17, 15) is 15.2 Å². The van der Waals surface area contributed by atoms with Crippen LogP contribution in [0.2, 0.25) is 0 Å². The van der Waals surface area contributed by atoms with Crippen molar-refractivity contribution in [2.45, 2.75) is 0 Å². The number of aromatic hydroxyl groups is 1. The zero-order chi connectivity index (χ0) is 23.5. The number of nitrogens with zero attached hydrogens (tertiary/aromatic N) is 11. The van der Waals surface area contributed by atoms with Crippen molar-refractivity contribution in [3.05, 3.63) is 89.4 Å². The molecule has 0 unspecified atom stereocenters. The molecule has 0 atom stereocenters. The summed E-state index contributed by atoms with van der Waals surface area (Å²) < 4.78 is 3.49. The van der Waals surface area contributed by atoms with Gasteiger partial charge in [0.05, 0.1) is 11.9 Å². The second kappa shape index (κ2) is 8.55. The van der Waals surface area contributed by atoms with E-state index in [2.05, 4.69) is 35.3 Å². The largest absolute Gasteiger partial charge is 0.491 e. The summed E-state index contributed by atoms with van der Waals surface area (Å²) in [4.78, 5) is 29.7. The summed E-state index contributed by atoms with van der Waals surface area (Å²) in [5.41, 5.74) is -0.551. The van der Waals surface area contributed by atoms with E-state index in [1.165, 1.54) is 40.3 Å². The Bertz CT molecular complexity index is 1580. The molecule has 1 N–H and O–H groups in total. The minimum absolute atomic E-state index is 0.0116. The number of hydrogen-bond acceptors (Lipinski definition) is 10. The highest BCUT2D eigenvalue weighted by Gasteiger charge is 2.24. The van der Waals surface area contributed by atoms with Gasteiger partial charge in [-0.3, -0.25) is 4.79 Å². The second-order valence-electron chi connectivity index (χ2n) is 6.64. The average molecular weight is 451 g/mol. The third-order valence-corrected chi connectivity index (χ3v) is 4.60. The Morgan fingerprint density at radius 2 is 1.50 bits per heavy atom. The Morgan fingerprint density at radius 1 is 0.853 bits per heavy atom. The highest BCUT2D eigenvalue weighted by Crippen LogP contribution is 2.30. The first-order chi connectivity index (χ1) is 16.7. The molecule has 5 aromatic rings. The molecule has 0 aliphatic heterocycles. The summed E-state index contributed by atoms with van der Waals surface area (Å²) in [5.74, 6) is -0.353. The van der Waals surface area contributed by atoms with Crippen LogP contribution in [0.25, 0.3) is 17.6 Å². The van der Waals surface area contributed by atoms with E-state index < -0.39 is 11.4 Å². The van der Waals surface area contributed by atoms with Gasteiger partial charge in [-0.25, -0.2) is 24.6 Å². The number of nitriles is 1. The van der Waals surface area contributed by atoms with Crippen LogP contribution in [0.4, 0.5) is 11.5 Å². The minimum Gasteiger partial charge on any atom is -0.491 e. The van der Waals surface area contributed by atoms with Gasteiger partial charge in [-0.2, -0.15) is 19.7 Å². The first-order valence-corrected chi connectivity index (χ1v) is 9.76. The third kappa shape index (κ3) is 3.46. The molecule has 13 nitrogen and oxygen atoms in total. The summed E-state index contributed by atoms with van der Waals surface area (Å²) in [7, 11) is 0. The Balaban J connectivity index is 1.69. The molecule has 0 bridgehead atoms. The van der Waals surface area contributed by atoms with Gasteiger partial charge in [0.15, 0.2) is 5.82 Å². The molecule has 0 amide bonds. The van der Waals surface area contributed by atoms with Crippen LogP contribution < -0.4 is 5.56 Å². The molecule has 0 aliphatic rings. The van der Waals surface area contributed by atoms with Crippen LogP contribution in [-0.2, 0) is 0 Å². The molecule has 0 radical (unpaired) electrons. The molecule has 13 heteroatoms. The van der Waals surface area contributed by atoms with Crippen LogP contribution in [-0.4, -0.2) is 44.2 Å². The molecule has 0 spiro atoms. The molecule has 4 heterocycles. The SMILES string of the molecule is N#Cc1cnn(-c2ncccn2)c1N=Nc1c(O)n(-c2ncccn2)n(-c2ccccc2)c1=O. The predicted molar refractivity (Wildman–Crippen MR) is 117 cm³/mol. The fourth-order valence-electron chi connectivity index (χ4n) is 3.12. The highest BCUT2D eigenvalue weighted by atomic mass is 16.3. The lowest BCUT2D eigenvalue weighted by Gasteiger charge is -2.09. The average Bonchev–Trinajstić information content (AvgIpc) is 3.42. The first kappa shape index (κ1) is 20.4. The van der Waals surface area contributed by atoms with Crippen LogP contribution in [0, 0.1) is 11.3 Å². The van der Waals surface area contributed by atoms with E-state index in [0.717, 1.165) is 4.68 Å². The zero-order valence-corrected chi connectivity index (χ0v) is 17.2. The number of hydrogen-bond donors (Lipinski definition) is 1. The topological polar surface area (TPSA) is 165 Å². The molecule has 0 saturated carbocycles.